The van der Waals surface area contributed by atoms with Crippen LogP contribution in [0.1, 0.15) is 28.8 Å². The number of hydrogen-bond acceptors (Lipinski definition) is 6. The summed E-state index contributed by atoms with van der Waals surface area (Å²) in [7, 11) is 1.75. The van der Waals surface area contributed by atoms with E-state index in [2.05, 4.69) is 20.0 Å². The number of pyridine rings is 2. The number of nitrogens with zero attached hydrogens (tertiary/aromatic N) is 6. The van der Waals surface area contributed by atoms with E-state index in [1.807, 2.05) is 59.5 Å². The highest BCUT2D eigenvalue weighted by Crippen LogP contribution is 2.31. The second-order valence-electron chi connectivity index (χ2n) is 9.03. The van der Waals surface area contributed by atoms with E-state index in [0.717, 1.165) is 35.1 Å². The Kier molecular flexibility index (Phi) is 5.98. The lowest BCUT2D eigenvalue weighted by Gasteiger charge is -2.42. The van der Waals surface area contributed by atoms with Gasteiger partial charge in [-0.1, -0.05) is 12.1 Å². The average Bonchev–Trinajstić information content (AvgIpc) is 3.36. The van der Waals surface area contributed by atoms with Crippen molar-refractivity contribution in [3.8, 4) is 0 Å². The monoisotopic (exact) mass is 456 g/mol. The van der Waals surface area contributed by atoms with Gasteiger partial charge in [0.25, 0.3) is 5.91 Å². The minimum Gasteiger partial charge on any atom is -0.386 e. The van der Waals surface area contributed by atoms with Crippen LogP contribution in [-0.4, -0.2) is 67.9 Å². The van der Waals surface area contributed by atoms with Crippen LogP contribution in [-0.2, 0) is 6.54 Å². The molecule has 1 fully saturated rings. The molecule has 1 atom stereocenters. The number of aromatic nitrogens is 4. The van der Waals surface area contributed by atoms with Crippen LogP contribution < -0.4 is 4.90 Å². The lowest BCUT2D eigenvalue weighted by molar-refractivity contribution is 0.0000675. The molecule has 4 aromatic rings. The normalized spacial score (nSPS) is 18.2. The van der Waals surface area contributed by atoms with Crippen LogP contribution in [0.5, 0.6) is 0 Å². The summed E-state index contributed by atoms with van der Waals surface area (Å²) < 4.78 is 1.84. The van der Waals surface area contributed by atoms with Crippen LogP contribution >= 0.6 is 0 Å². The Balaban J connectivity index is 1.27. The Morgan fingerprint density at radius 3 is 2.79 bits per heavy atom. The number of benzene rings is 1. The summed E-state index contributed by atoms with van der Waals surface area (Å²) in [6.45, 7) is 2.21. The zero-order chi connectivity index (χ0) is 23.5. The van der Waals surface area contributed by atoms with Gasteiger partial charge in [0, 0.05) is 67.8 Å². The molecule has 3 aromatic heterocycles. The van der Waals surface area contributed by atoms with Crippen molar-refractivity contribution in [3.05, 3.63) is 84.6 Å². The minimum absolute atomic E-state index is 0.102. The van der Waals surface area contributed by atoms with Gasteiger partial charge in [-0.3, -0.25) is 19.4 Å². The number of carbonyl (C=O) groups excluding carboxylic acids is 1. The largest absolute Gasteiger partial charge is 0.386 e. The number of likely N-dealkylation sites (N-methyl/N-ethyl adjacent to an activating group) is 1. The molecule has 4 heterocycles. The Hall–Kier alpha value is -3.78. The van der Waals surface area contributed by atoms with Crippen LogP contribution in [0.3, 0.4) is 0 Å². The maximum atomic E-state index is 13.1. The molecular formula is C26H28N6O2. The van der Waals surface area contributed by atoms with Crippen LogP contribution in [0.2, 0.25) is 0 Å². The van der Waals surface area contributed by atoms with Gasteiger partial charge >= 0.3 is 0 Å². The van der Waals surface area contributed by atoms with E-state index in [1.54, 1.807) is 30.5 Å². The van der Waals surface area contributed by atoms with Crippen molar-refractivity contribution in [2.45, 2.75) is 25.0 Å². The molecule has 0 saturated carbocycles. The Labute approximate surface area is 198 Å². The summed E-state index contributed by atoms with van der Waals surface area (Å²) in [5.41, 5.74) is 2.57. The van der Waals surface area contributed by atoms with Gasteiger partial charge in [0.2, 0.25) is 0 Å². The molecule has 0 spiro atoms. The fourth-order valence-corrected chi connectivity index (χ4v) is 4.77. The van der Waals surface area contributed by atoms with Crippen LogP contribution in [0.25, 0.3) is 10.9 Å². The van der Waals surface area contributed by atoms with Gasteiger partial charge in [-0.2, -0.15) is 5.10 Å². The number of piperidine rings is 1. The highest BCUT2D eigenvalue weighted by molar-refractivity contribution is 5.94. The van der Waals surface area contributed by atoms with Crippen molar-refractivity contribution < 1.29 is 9.90 Å². The maximum Gasteiger partial charge on any atom is 0.253 e. The molecular weight excluding hydrogens is 428 g/mol. The van der Waals surface area contributed by atoms with Gasteiger partial charge < -0.3 is 14.9 Å². The van der Waals surface area contributed by atoms with Crippen molar-refractivity contribution in [2.75, 3.05) is 31.6 Å². The lowest BCUT2D eigenvalue weighted by Crippen LogP contribution is -2.54. The van der Waals surface area contributed by atoms with E-state index in [4.69, 9.17) is 0 Å². The molecule has 0 bridgehead atoms. The van der Waals surface area contributed by atoms with E-state index in [0.29, 0.717) is 25.1 Å². The first-order valence-corrected chi connectivity index (χ1v) is 11.5. The highest BCUT2D eigenvalue weighted by atomic mass is 16.3. The molecule has 1 unspecified atom stereocenters. The second-order valence-corrected chi connectivity index (χ2v) is 9.03. The third-order valence-electron chi connectivity index (χ3n) is 6.40. The smallest absolute Gasteiger partial charge is 0.253 e. The maximum absolute atomic E-state index is 13.1. The first-order valence-electron chi connectivity index (χ1n) is 11.5. The topological polar surface area (TPSA) is 87.4 Å². The molecule has 0 aliphatic carbocycles. The summed E-state index contributed by atoms with van der Waals surface area (Å²) >= 11 is 0. The van der Waals surface area contributed by atoms with Gasteiger partial charge in [0.1, 0.15) is 0 Å². The molecule has 1 saturated heterocycles. The SMILES string of the molecule is CN(CC1(O)CCCN(c2ccnc3ccncc23)C1)C(=O)c1ccc(Cn2cccn2)cc1. The average molecular weight is 457 g/mol. The molecule has 1 aliphatic heterocycles. The molecule has 8 heteroatoms. The third-order valence-corrected chi connectivity index (χ3v) is 6.40. The van der Waals surface area contributed by atoms with Crippen LogP contribution in [0.4, 0.5) is 5.69 Å². The van der Waals surface area contributed by atoms with Crippen molar-refractivity contribution in [3.63, 3.8) is 0 Å². The standard InChI is InChI=1S/C26H28N6O2/c1-30(25(33)21-6-4-20(5-7-21)17-32-15-3-11-29-32)18-26(34)10-2-14-31(19-26)24-9-13-28-23-8-12-27-16-22(23)24/h3-9,11-13,15-16,34H,2,10,14,17-19H2,1H3. The first-order chi connectivity index (χ1) is 16.5. The molecule has 1 amide bonds. The number of amides is 1. The molecule has 1 N–H and O–H groups in total. The lowest BCUT2D eigenvalue weighted by atomic mass is 9.91. The summed E-state index contributed by atoms with van der Waals surface area (Å²) in [4.78, 5) is 25.6. The molecule has 1 aromatic carbocycles. The zero-order valence-corrected chi connectivity index (χ0v) is 19.2. The molecule has 34 heavy (non-hydrogen) atoms. The fraction of sp³-hybridized carbons (Fsp3) is 0.308. The van der Waals surface area contributed by atoms with Gasteiger partial charge in [0.05, 0.1) is 24.2 Å². The second kappa shape index (κ2) is 9.23. The summed E-state index contributed by atoms with van der Waals surface area (Å²) in [6.07, 6.45) is 10.5. The number of rotatable bonds is 6. The predicted molar refractivity (Wildman–Crippen MR) is 131 cm³/mol. The van der Waals surface area contributed by atoms with Gasteiger partial charge in [-0.25, -0.2) is 0 Å². The first kappa shape index (κ1) is 22.0. The van der Waals surface area contributed by atoms with Gasteiger partial charge in [-0.05, 0) is 48.7 Å². The fourth-order valence-electron chi connectivity index (χ4n) is 4.77. The highest BCUT2D eigenvalue weighted by Gasteiger charge is 2.36. The Bertz CT molecular complexity index is 1270. The van der Waals surface area contributed by atoms with E-state index < -0.39 is 5.60 Å². The number of hydrogen-bond donors (Lipinski definition) is 1. The Morgan fingerprint density at radius 2 is 2.00 bits per heavy atom. The number of anilines is 1. The number of β-amino-alcohol motifs (C(OH)–C–C–N with tert-alkyl or cyclic N) is 1. The van der Waals surface area contributed by atoms with Gasteiger partial charge in [-0.15, -0.1) is 0 Å². The summed E-state index contributed by atoms with van der Waals surface area (Å²) in [5.74, 6) is -0.102. The number of aliphatic hydroxyl groups is 1. The Morgan fingerprint density at radius 1 is 1.15 bits per heavy atom. The molecule has 5 rings (SSSR count). The van der Waals surface area contributed by atoms with Crippen molar-refractivity contribution in [2.24, 2.45) is 0 Å². The molecule has 174 valence electrons. The van der Waals surface area contributed by atoms with E-state index in [-0.39, 0.29) is 12.5 Å². The van der Waals surface area contributed by atoms with Crippen molar-refractivity contribution >= 4 is 22.5 Å². The molecule has 0 radical (unpaired) electrons. The zero-order valence-electron chi connectivity index (χ0n) is 19.2. The van der Waals surface area contributed by atoms with Crippen LogP contribution in [0.15, 0.2) is 73.4 Å². The summed E-state index contributed by atoms with van der Waals surface area (Å²) in [5, 5.41) is 16.6. The quantitative estimate of drug-likeness (QED) is 0.480. The summed E-state index contributed by atoms with van der Waals surface area (Å²) in [6, 6.07) is 13.3. The van der Waals surface area contributed by atoms with E-state index >= 15 is 0 Å². The van der Waals surface area contributed by atoms with Crippen molar-refractivity contribution in [1.82, 2.24) is 24.6 Å². The van der Waals surface area contributed by atoms with E-state index in [9.17, 15) is 9.90 Å². The number of fused-ring (bicyclic) bond motifs is 1. The number of carbonyl (C=O) groups is 1. The van der Waals surface area contributed by atoms with Gasteiger partial charge in [0.15, 0.2) is 0 Å². The predicted octanol–water partition coefficient (Wildman–Crippen LogP) is 2.98. The van der Waals surface area contributed by atoms with Crippen LogP contribution in [0, 0.1) is 0 Å². The minimum atomic E-state index is -1.000. The van der Waals surface area contributed by atoms with E-state index in [1.165, 1.54) is 0 Å². The van der Waals surface area contributed by atoms with Crippen molar-refractivity contribution in [1.29, 1.82) is 0 Å². The molecule has 1 aliphatic rings. The third kappa shape index (κ3) is 4.63. The molecule has 8 nitrogen and oxygen atoms in total.